The third kappa shape index (κ3) is 60.7. The Morgan fingerprint density at radius 2 is 0.513 bits per heavy atom. The molecule has 0 aliphatic heterocycles. The highest BCUT2D eigenvalue weighted by molar-refractivity contribution is 5.71. The lowest BCUT2D eigenvalue weighted by Gasteiger charge is -2.18. The van der Waals surface area contributed by atoms with Crippen LogP contribution in [-0.2, 0) is 28.6 Å². The van der Waals surface area contributed by atoms with Crippen LogP contribution in [0.15, 0.2) is 122 Å². The van der Waals surface area contributed by atoms with Gasteiger partial charge in [0.2, 0.25) is 0 Å². The highest BCUT2D eigenvalue weighted by Gasteiger charge is 2.19. The Kier molecular flexibility index (Phi) is 59.9. The zero-order valence-corrected chi connectivity index (χ0v) is 49.5. The lowest BCUT2D eigenvalue weighted by Crippen LogP contribution is -2.30. The summed E-state index contributed by atoms with van der Waals surface area (Å²) in [7, 11) is 0. The summed E-state index contributed by atoms with van der Waals surface area (Å²) in [6.45, 7) is 6.35. The van der Waals surface area contributed by atoms with E-state index in [9.17, 15) is 14.4 Å². The summed E-state index contributed by atoms with van der Waals surface area (Å²) in [6, 6.07) is 0. The van der Waals surface area contributed by atoms with Crippen molar-refractivity contribution in [3.8, 4) is 0 Å². The Balaban J connectivity index is 4.27. The summed E-state index contributed by atoms with van der Waals surface area (Å²) >= 11 is 0. The number of unbranched alkanes of at least 4 members (excludes halogenated alkanes) is 25. The highest BCUT2D eigenvalue weighted by atomic mass is 16.6. The van der Waals surface area contributed by atoms with Crippen molar-refractivity contribution < 1.29 is 28.6 Å². The number of ether oxygens (including phenoxy) is 3. The first-order chi connectivity index (χ1) is 37.5. The van der Waals surface area contributed by atoms with Crippen molar-refractivity contribution in [2.75, 3.05) is 13.2 Å². The fourth-order valence-corrected chi connectivity index (χ4v) is 8.52. The van der Waals surface area contributed by atoms with E-state index in [4.69, 9.17) is 14.2 Å². The van der Waals surface area contributed by atoms with Gasteiger partial charge in [-0.25, -0.2) is 0 Å². The maximum atomic E-state index is 12.9. The van der Waals surface area contributed by atoms with Gasteiger partial charge in [0.15, 0.2) is 6.10 Å². The van der Waals surface area contributed by atoms with Gasteiger partial charge in [0.25, 0.3) is 0 Å². The Morgan fingerprint density at radius 1 is 0.276 bits per heavy atom. The predicted molar refractivity (Wildman–Crippen MR) is 330 cm³/mol. The van der Waals surface area contributed by atoms with Crippen LogP contribution in [-0.4, -0.2) is 37.2 Å². The van der Waals surface area contributed by atoms with Gasteiger partial charge in [0.1, 0.15) is 13.2 Å². The second-order valence-electron chi connectivity index (χ2n) is 20.5. The van der Waals surface area contributed by atoms with Crippen LogP contribution in [0.5, 0.6) is 0 Å². The summed E-state index contributed by atoms with van der Waals surface area (Å²) in [4.78, 5) is 38.2. The standard InChI is InChI=1S/C70H116O6/c1-4-7-10-13-16-19-22-24-26-28-30-32-33-34-35-36-37-39-40-42-44-46-48-51-54-57-60-63-69(72)75-66-67(65-74-68(71)62-59-56-53-50-21-18-15-12-9-6-3)76-70(73)64-61-58-55-52-49-47-45-43-41-38-31-29-27-25-23-20-17-14-11-8-5-2/h7-8,10-12,15-17,19-20,24-27,30-32,34-35,38,67H,4-6,9,13-14,18,21-23,28-29,33,36-37,39-66H2,1-3H3/b10-7-,11-8-,15-12-,19-16-,20-17-,26-24-,27-25-,32-30-,35-34-,38-31-. The summed E-state index contributed by atoms with van der Waals surface area (Å²) in [5, 5.41) is 0. The van der Waals surface area contributed by atoms with Gasteiger partial charge in [0.05, 0.1) is 0 Å². The maximum absolute atomic E-state index is 12.9. The van der Waals surface area contributed by atoms with Gasteiger partial charge in [-0.2, -0.15) is 0 Å². The molecule has 0 amide bonds. The molecule has 0 fully saturated rings. The molecule has 0 aromatic rings. The minimum Gasteiger partial charge on any atom is -0.462 e. The fraction of sp³-hybridized carbons (Fsp3) is 0.671. The molecule has 0 saturated carbocycles. The molecule has 0 bridgehead atoms. The first-order valence-electron chi connectivity index (χ1n) is 31.5. The molecule has 76 heavy (non-hydrogen) atoms. The smallest absolute Gasteiger partial charge is 0.306 e. The molecule has 1 atom stereocenters. The minimum absolute atomic E-state index is 0.0871. The molecular weight excluding hydrogens is 937 g/mol. The van der Waals surface area contributed by atoms with Crippen LogP contribution in [0.1, 0.15) is 284 Å². The average Bonchev–Trinajstić information content (AvgIpc) is 3.42. The van der Waals surface area contributed by atoms with E-state index in [-0.39, 0.29) is 31.1 Å². The molecule has 0 aliphatic carbocycles. The van der Waals surface area contributed by atoms with Crippen molar-refractivity contribution in [3.05, 3.63) is 122 Å². The third-order valence-electron chi connectivity index (χ3n) is 13.2. The lowest BCUT2D eigenvalue weighted by atomic mass is 10.0. The molecule has 0 radical (unpaired) electrons. The summed E-state index contributed by atoms with van der Waals surface area (Å²) in [5.74, 6) is -0.906. The summed E-state index contributed by atoms with van der Waals surface area (Å²) < 4.78 is 16.9. The predicted octanol–water partition coefficient (Wildman–Crippen LogP) is 21.6. The molecule has 0 aliphatic rings. The van der Waals surface area contributed by atoms with Crippen LogP contribution < -0.4 is 0 Å². The molecule has 0 heterocycles. The molecule has 0 rings (SSSR count). The van der Waals surface area contributed by atoms with Crippen LogP contribution in [0.25, 0.3) is 0 Å². The zero-order valence-electron chi connectivity index (χ0n) is 49.5. The monoisotopic (exact) mass is 1050 g/mol. The Labute approximate surface area is 469 Å². The molecule has 0 aromatic heterocycles. The molecule has 6 nitrogen and oxygen atoms in total. The number of hydrogen-bond acceptors (Lipinski definition) is 6. The van der Waals surface area contributed by atoms with Crippen LogP contribution >= 0.6 is 0 Å². The van der Waals surface area contributed by atoms with E-state index in [1.54, 1.807) is 0 Å². The number of esters is 3. The lowest BCUT2D eigenvalue weighted by molar-refractivity contribution is -0.167. The normalized spacial score (nSPS) is 12.9. The first kappa shape index (κ1) is 71.8. The van der Waals surface area contributed by atoms with Gasteiger partial charge in [-0.15, -0.1) is 0 Å². The molecule has 0 aromatic carbocycles. The maximum Gasteiger partial charge on any atom is 0.306 e. The van der Waals surface area contributed by atoms with E-state index >= 15 is 0 Å². The van der Waals surface area contributed by atoms with Gasteiger partial charge < -0.3 is 14.2 Å². The van der Waals surface area contributed by atoms with Crippen molar-refractivity contribution in [1.29, 1.82) is 0 Å². The van der Waals surface area contributed by atoms with Gasteiger partial charge in [-0.05, 0) is 122 Å². The van der Waals surface area contributed by atoms with Gasteiger partial charge >= 0.3 is 17.9 Å². The SMILES string of the molecule is CC/C=C\C/C=C\C/C=C\C/C=C\C/C=C\CCCCCCCCCCCCCC(=O)OCC(COC(=O)CCCCCCC/C=C\CCC)OC(=O)CCCCCCCCCC/C=C\C/C=C\C/C=C\C/C=C\CC. The van der Waals surface area contributed by atoms with Crippen molar-refractivity contribution in [2.24, 2.45) is 0 Å². The Hall–Kier alpha value is -4.19. The summed E-state index contributed by atoms with van der Waals surface area (Å²) in [5.41, 5.74) is 0. The molecule has 6 heteroatoms. The quantitative estimate of drug-likeness (QED) is 0.0261. The molecule has 432 valence electrons. The van der Waals surface area contributed by atoms with Gasteiger partial charge in [-0.1, -0.05) is 264 Å². The van der Waals surface area contributed by atoms with E-state index in [0.717, 1.165) is 141 Å². The van der Waals surface area contributed by atoms with Gasteiger partial charge in [0, 0.05) is 19.3 Å². The first-order valence-corrected chi connectivity index (χ1v) is 31.5. The number of rotatable bonds is 56. The average molecular weight is 1050 g/mol. The van der Waals surface area contributed by atoms with E-state index in [0.29, 0.717) is 19.3 Å². The molecule has 0 spiro atoms. The molecule has 1 unspecified atom stereocenters. The van der Waals surface area contributed by atoms with Crippen LogP contribution in [0, 0.1) is 0 Å². The number of carbonyl (C=O) groups excluding carboxylic acids is 3. The molecule has 0 N–H and O–H groups in total. The van der Waals surface area contributed by atoms with Crippen molar-refractivity contribution in [2.45, 2.75) is 290 Å². The number of hydrogen-bond donors (Lipinski definition) is 0. The Bertz CT molecular complexity index is 1590. The minimum atomic E-state index is -0.790. The highest BCUT2D eigenvalue weighted by Crippen LogP contribution is 2.16. The van der Waals surface area contributed by atoms with Crippen molar-refractivity contribution >= 4 is 17.9 Å². The molecular formula is C70H116O6. The van der Waals surface area contributed by atoms with Crippen LogP contribution in [0.2, 0.25) is 0 Å². The fourth-order valence-electron chi connectivity index (χ4n) is 8.52. The molecule has 0 saturated heterocycles. The second kappa shape index (κ2) is 63.3. The van der Waals surface area contributed by atoms with E-state index < -0.39 is 6.10 Å². The van der Waals surface area contributed by atoms with Crippen molar-refractivity contribution in [1.82, 2.24) is 0 Å². The largest absolute Gasteiger partial charge is 0.462 e. The van der Waals surface area contributed by atoms with E-state index in [1.807, 2.05) is 0 Å². The van der Waals surface area contributed by atoms with Gasteiger partial charge in [-0.3, -0.25) is 14.4 Å². The summed E-state index contributed by atoms with van der Waals surface area (Å²) in [6.07, 6.45) is 87.8. The topological polar surface area (TPSA) is 78.9 Å². The number of carbonyl (C=O) groups is 3. The van der Waals surface area contributed by atoms with Crippen LogP contribution in [0.4, 0.5) is 0 Å². The van der Waals surface area contributed by atoms with E-state index in [2.05, 4.69) is 142 Å². The van der Waals surface area contributed by atoms with Crippen molar-refractivity contribution in [3.63, 3.8) is 0 Å². The zero-order chi connectivity index (χ0) is 55.0. The van der Waals surface area contributed by atoms with E-state index in [1.165, 1.54) is 103 Å². The Morgan fingerprint density at radius 3 is 0.816 bits per heavy atom. The van der Waals surface area contributed by atoms with Crippen LogP contribution in [0.3, 0.4) is 0 Å². The number of allylic oxidation sites excluding steroid dienone is 20. The third-order valence-corrected chi connectivity index (χ3v) is 13.2. The second-order valence-corrected chi connectivity index (χ2v) is 20.5.